The van der Waals surface area contributed by atoms with Gasteiger partial charge in [-0.1, -0.05) is 54.1 Å². The Kier molecular flexibility index (Phi) is 6.15. The van der Waals surface area contributed by atoms with Crippen LogP contribution < -0.4 is 5.32 Å². The molecule has 0 aliphatic carbocycles. The second-order valence-corrected chi connectivity index (χ2v) is 6.27. The summed E-state index contributed by atoms with van der Waals surface area (Å²) in [7, 11) is 0. The molecule has 0 aliphatic heterocycles. The number of hydrogen-bond donors (Lipinski definition) is 1. The smallest absolute Gasteiger partial charge is 0.217 e. The Bertz CT molecular complexity index is 571. The molecule has 0 radical (unpaired) electrons. The third kappa shape index (κ3) is 5.44. The molecule has 0 aromatic heterocycles. The van der Waals surface area contributed by atoms with Gasteiger partial charge in [-0.2, -0.15) is 11.8 Å². The number of nitrogens with one attached hydrogen (secondary N) is 1. The van der Waals surface area contributed by atoms with E-state index in [9.17, 15) is 4.79 Å². The summed E-state index contributed by atoms with van der Waals surface area (Å²) in [6.07, 6.45) is 0. The molecule has 1 unspecified atom stereocenters. The van der Waals surface area contributed by atoms with Gasteiger partial charge in [0.25, 0.3) is 0 Å². The van der Waals surface area contributed by atoms with Gasteiger partial charge < -0.3 is 5.32 Å². The van der Waals surface area contributed by atoms with Gasteiger partial charge in [0.05, 0.1) is 6.04 Å². The first kappa shape index (κ1) is 15.9. The van der Waals surface area contributed by atoms with Crippen molar-refractivity contribution in [2.24, 2.45) is 0 Å². The predicted octanol–water partition coefficient (Wildman–Crippen LogP) is 4.45. The zero-order valence-electron chi connectivity index (χ0n) is 11.9. The topological polar surface area (TPSA) is 29.1 Å². The number of carbonyl (C=O) groups excluding carboxylic acids is 1. The zero-order valence-corrected chi connectivity index (χ0v) is 13.5. The van der Waals surface area contributed by atoms with Crippen molar-refractivity contribution in [2.45, 2.75) is 18.7 Å². The maximum Gasteiger partial charge on any atom is 0.217 e. The maximum absolute atomic E-state index is 11.4. The van der Waals surface area contributed by atoms with Crippen LogP contribution in [0.15, 0.2) is 54.6 Å². The van der Waals surface area contributed by atoms with Crippen LogP contribution >= 0.6 is 23.4 Å². The van der Waals surface area contributed by atoms with Crippen LogP contribution in [0.25, 0.3) is 0 Å². The van der Waals surface area contributed by atoms with E-state index < -0.39 is 0 Å². The van der Waals surface area contributed by atoms with Gasteiger partial charge in [-0.15, -0.1) is 0 Å². The van der Waals surface area contributed by atoms with Gasteiger partial charge in [0.1, 0.15) is 0 Å². The SMILES string of the molecule is CC(=O)NC(CSCc1ccccc1)c1ccc(Cl)cc1. The fourth-order valence-electron chi connectivity index (χ4n) is 2.03. The van der Waals surface area contributed by atoms with Crippen molar-refractivity contribution in [3.05, 3.63) is 70.7 Å². The molecule has 0 saturated carbocycles. The molecule has 21 heavy (non-hydrogen) atoms. The molecule has 2 nitrogen and oxygen atoms in total. The highest BCUT2D eigenvalue weighted by Crippen LogP contribution is 2.22. The van der Waals surface area contributed by atoms with E-state index in [2.05, 4.69) is 17.4 Å². The number of amides is 1. The Morgan fingerprint density at radius 2 is 1.81 bits per heavy atom. The first-order valence-electron chi connectivity index (χ1n) is 6.79. The first-order chi connectivity index (χ1) is 10.1. The van der Waals surface area contributed by atoms with Gasteiger partial charge in [0, 0.05) is 23.5 Å². The molecule has 2 aromatic carbocycles. The summed E-state index contributed by atoms with van der Waals surface area (Å²) in [5, 5.41) is 3.70. The lowest BCUT2D eigenvalue weighted by Crippen LogP contribution is -2.27. The van der Waals surface area contributed by atoms with E-state index in [4.69, 9.17) is 11.6 Å². The third-order valence-corrected chi connectivity index (χ3v) is 4.40. The largest absolute Gasteiger partial charge is 0.349 e. The summed E-state index contributed by atoms with van der Waals surface area (Å²) < 4.78 is 0. The summed E-state index contributed by atoms with van der Waals surface area (Å²) in [6, 6.07) is 18.0. The van der Waals surface area contributed by atoms with Crippen molar-refractivity contribution in [3.63, 3.8) is 0 Å². The molecule has 0 heterocycles. The van der Waals surface area contributed by atoms with Crippen molar-refractivity contribution in [2.75, 3.05) is 5.75 Å². The second-order valence-electron chi connectivity index (χ2n) is 4.81. The Morgan fingerprint density at radius 3 is 2.43 bits per heavy atom. The fourth-order valence-corrected chi connectivity index (χ4v) is 3.21. The molecule has 1 amide bonds. The van der Waals surface area contributed by atoms with Crippen molar-refractivity contribution in [1.29, 1.82) is 0 Å². The van der Waals surface area contributed by atoms with Crippen LogP contribution in [-0.4, -0.2) is 11.7 Å². The Balaban J connectivity index is 1.96. The molecule has 0 saturated heterocycles. The Morgan fingerprint density at radius 1 is 1.14 bits per heavy atom. The first-order valence-corrected chi connectivity index (χ1v) is 8.32. The summed E-state index contributed by atoms with van der Waals surface area (Å²) >= 11 is 7.72. The third-order valence-electron chi connectivity index (χ3n) is 3.05. The monoisotopic (exact) mass is 319 g/mol. The minimum atomic E-state index is -0.0183. The fraction of sp³-hybridized carbons (Fsp3) is 0.235. The summed E-state index contributed by atoms with van der Waals surface area (Å²) in [5.74, 6) is 1.75. The van der Waals surface area contributed by atoms with E-state index in [-0.39, 0.29) is 11.9 Å². The van der Waals surface area contributed by atoms with Gasteiger partial charge in [0.2, 0.25) is 5.91 Å². The van der Waals surface area contributed by atoms with Crippen LogP contribution in [0.3, 0.4) is 0 Å². The molecule has 4 heteroatoms. The summed E-state index contributed by atoms with van der Waals surface area (Å²) in [4.78, 5) is 11.4. The molecule has 2 rings (SSSR count). The number of hydrogen-bond acceptors (Lipinski definition) is 2. The van der Waals surface area contributed by atoms with Gasteiger partial charge in [0.15, 0.2) is 0 Å². The lowest BCUT2D eigenvalue weighted by atomic mass is 10.1. The second kappa shape index (κ2) is 8.11. The molecular formula is C17H18ClNOS. The molecule has 0 fully saturated rings. The van der Waals surface area contributed by atoms with Gasteiger partial charge in [-0.25, -0.2) is 0 Å². The lowest BCUT2D eigenvalue weighted by molar-refractivity contribution is -0.119. The van der Waals surface area contributed by atoms with E-state index in [0.717, 1.165) is 17.1 Å². The number of benzene rings is 2. The van der Waals surface area contributed by atoms with E-state index in [1.807, 2.05) is 54.2 Å². The standard InChI is InChI=1S/C17H18ClNOS/c1-13(20)19-17(15-7-9-16(18)10-8-15)12-21-11-14-5-3-2-4-6-14/h2-10,17H,11-12H2,1H3,(H,19,20). The number of halogens is 1. The van der Waals surface area contributed by atoms with Crippen LogP contribution in [0, 0.1) is 0 Å². The van der Waals surface area contributed by atoms with Gasteiger partial charge in [-0.3, -0.25) is 4.79 Å². The molecule has 0 spiro atoms. The highest BCUT2D eigenvalue weighted by atomic mass is 35.5. The Hall–Kier alpha value is -1.45. The average molecular weight is 320 g/mol. The normalized spacial score (nSPS) is 11.9. The quantitative estimate of drug-likeness (QED) is 0.852. The molecule has 0 bridgehead atoms. The van der Waals surface area contributed by atoms with Gasteiger partial charge >= 0.3 is 0 Å². The van der Waals surface area contributed by atoms with Crippen molar-refractivity contribution in [1.82, 2.24) is 5.32 Å². The van der Waals surface area contributed by atoms with Crippen LogP contribution in [0.1, 0.15) is 24.1 Å². The molecule has 1 N–H and O–H groups in total. The minimum Gasteiger partial charge on any atom is -0.349 e. The highest BCUT2D eigenvalue weighted by Gasteiger charge is 2.12. The lowest BCUT2D eigenvalue weighted by Gasteiger charge is -2.18. The Labute approximate surface area is 134 Å². The number of carbonyl (C=O) groups is 1. The highest BCUT2D eigenvalue weighted by molar-refractivity contribution is 7.98. The maximum atomic E-state index is 11.4. The predicted molar refractivity (Wildman–Crippen MR) is 90.6 cm³/mol. The molecule has 2 aromatic rings. The molecule has 1 atom stereocenters. The molecule has 0 aliphatic rings. The molecular weight excluding hydrogens is 302 g/mol. The minimum absolute atomic E-state index is 0.00785. The van der Waals surface area contributed by atoms with E-state index in [1.54, 1.807) is 6.92 Å². The van der Waals surface area contributed by atoms with Crippen molar-refractivity contribution in [3.8, 4) is 0 Å². The average Bonchev–Trinajstić information content (AvgIpc) is 2.48. The molecule has 110 valence electrons. The van der Waals surface area contributed by atoms with E-state index in [0.29, 0.717) is 5.02 Å². The van der Waals surface area contributed by atoms with Crippen LogP contribution in [0.4, 0.5) is 0 Å². The van der Waals surface area contributed by atoms with Crippen LogP contribution in [-0.2, 0) is 10.5 Å². The van der Waals surface area contributed by atoms with Crippen LogP contribution in [0.2, 0.25) is 5.02 Å². The number of thioether (sulfide) groups is 1. The van der Waals surface area contributed by atoms with E-state index >= 15 is 0 Å². The van der Waals surface area contributed by atoms with Gasteiger partial charge in [-0.05, 0) is 23.3 Å². The van der Waals surface area contributed by atoms with Crippen molar-refractivity contribution >= 4 is 29.3 Å². The zero-order chi connectivity index (χ0) is 15.1. The number of rotatable bonds is 6. The van der Waals surface area contributed by atoms with E-state index in [1.165, 1.54) is 5.56 Å². The summed E-state index contributed by atoms with van der Waals surface area (Å²) in [5.41, 5.74) is 2.37. The summed E-state index contributed by atoms with van der Waals surface area (Å²) in [6.45, 7) is 1.55. The van der Waals surface area contributed by atoms with Crippen LogP contribution in [0.5, 0.6) is 0 Å². The van der Waals surface area contributed by atoms with Crippen molar-refractivity contribution < 1.29 is 4.79 Å².